The van der Waals surface area contributed by atoms with Crippen LogP contribution in [0.2, 0.25) is 0 Å². The van der Waals surface area contributed by atoms with Crippen molar-refractivity contribution in [1.82, 2.24) is 5.32 Å². The molecule has 1 unspecified atom stereocenters. The Labute approximate surface area is 87.2 Å². The Hall–Kier alpha value is -0.0900. The maximum absolute atomic E-state index is 11.2. The Bertz CT molecular complexity index is 277. The van der Waals surface area contributed by atoms with Crippen molar-refractivity contribution in [2.45, 2.75) is 39.7 Å². The van der Waals surface area contributed by atoms with E-state index in [1.54, 1.807) is 0 Å². The van der Waals surface area contributed by atoms with Crippen LogP contribution in [0.3, 0.4) is 0 Å². The molecule has 14 heavy (non-hydrogen) atoms. The topological polar surface area (TPSA) is 46.2 Å². The van der Waals surface area contributed by atoms with Crippen molar-refractivity contribution in [3.8, 4) is 0 Å². The number of hydrogen-bond acceptors (Lipinski definition) is 3. The molecule has 0 bridgehead atoms. The van der Waals surface area contributed by atoms with E-state index in [-0.39, 0.29) is 6.04 Å². The van der Waals surface area contributed by atoms with Crippen molar-refractivity contribution in [2.24, 2.45) is 5.41 Å². The van der Waals surface area contributed by atoms with E-state index in [1.807, 2.05) is 0 Å². The normalized spacial score (nSPS) is 26.6. The second kappa shape index (κ2) is 4.19. The van der Waals surface area contributed by atoms with Crippen molar-refractivity contribution < 1.29 is 8.42 Å². The van der Waals surface area contributed by atoms with Crippen molar-refractivity contribution in [1.29, 1.82) is 0 Å². The zero-order valence-corrected chi connectivity index (χ0v) is 10.2. The maximum atomic E-state index is 11.2. The van der Waals surface area contributed by atoms with Crippen LogP contribution in [-0.2, 0) is 9.84 Å². The quantitative estimate of drug-likeness (QED) is 0.776. The minimum absolute atomic E-state index is 0.197. The van der Waals surface area contributed by atoms with Crippen molar-refractivity contribution in [2.75, 3.05) is 18.1 Å². The average molecular weight is 219 g/mol. The fourth-order valence-corrected chi connectivity index (χ4v) is 3.32. The lowest BCUT2D eigenvalue weighted by molar-refractivity contribution is 0.357. The molecule has 1 N–H and O–H groups in total. The van der Waals surface area contributed by atoms with Gasteiger partial charge in [0.1, 0.15) is 0 Å². The third kappa shape index (κ3) is 4.42. The van der Waals surface area contributed by atoms with Gasteiger partial charge in [-0.1, -0.05) is 20.8 Å². The van der Waals surface area contributed by atoms with E-state index >= 15 is 0 Å². The number of rotatable bonds is 3. The zero-order chi connectivity index (χ0) is 10.8. The summed E-state index contributed by atoms with van der Waals surface area (Å²) in [5.41, 5.74) is 0.324. The summed E-state index contributed by atoms with van der Waals surface area (Å²) in [6.07, 6.45) is 1.87. The van der Waals surface area contributed by atoms with Crippen LogP contribution >= 0.6 is 0 Å². The molecule has 84 valence electrons. The number of sulfone groups is 1. The van der Waals surface area contributed by atoms with Crippen LogP contribution in [-0.4, -0.2) is 32.5 Å². The molecule has 1 aliphatic heterocycles. The van der Waals surface area contributed by atoms with Crippen molar-refractivity contribution in [3.05, 3.63) is 0 Å². The SMILES string of the molecule is CC(C)(C)CCNC1CCS(=O)(=O)C1. The Morgan fingerprint density at radius 2 is 2.00 bits per heavy atom. The summed E-state index contributed by atoms with van der Waals surface area (Å²) in [5, 5.41) is 3.31. The Morgan fingerprint density at radius 1 is 1.36 bits per heavy atom. The summed E-state index contributed by atoms with van der Waals surface area (Å²) in [6.45, 7) is 7.50. The van der Waals surface area contributed by atoms with Crippen LogP contribution in [0.15, 0.2) is 0 Å². The van der Waals surface area contributed by atoms with Crippen LogP contribution in [0.25, 0.3) is 0 Å². The molecule has 0 aromatic rings. The Balaban J connectivity index is 2.22. The summed E-state index contributed by atoms with van der Waals surface area (Å²) in [4.78, 5) is 0. The second-order valence-electron chi connectivity index (χ2n) is 5.36. The summed E-state index contributed by atoms with van der Waals surface area (Å²) in [5.74, 6) is 0.692. The fourth-order valence-electron chi connectivity index (χ4n) is 1.61. The molecule has 0 radical (unpaired) electrons. The van der Waals surface area contributed by atoms with Gasteiger partial charge in [0.25, 0.3) is 0 Å². The van der Waals surface area contributed by atoms with E-state index in [1.165, 1.54) is 0 Å². The minimum atomic E-state index is -2.72. The number of nitrogens with one attached hydrogen (secondary N) is 1. The van der Waals surface area contributed by atoms with Crippen LogP contribution in [0.4, 0.5) is 0 Å². The van der Waals surface area contributed by atoms with Crippen LogP contribution in [0, 0.1) is 5.41 Å². The van der Waals surface area contributed by atoms with E-state index in [2.05, 4.69) is 26.1 Å². The van der Waals surface area contributed by atoms with E-state index in [0.717, 1.165) is 19.4 Å². The largest absolute Gasteiger partial charge is 0.313 e. The highest BCUT2D eigenvalue weighted by atomic mass is 32.2. The molecule has 0 spiro atoms. The number of hydrogen-bond donors (Lipinski definition) is 1. The lowest BCUT2D eigenvalue weighted by atomic mass is 9.92. The van der Waals surface area contributed by atoms with Gasteiger partial charge in [0.15, 0.2) is 9.84 Å². The summed E-state index contributed by atoms with van der Waals surface area (Å²) < 4.78 is 22.3. The molecule has 1 atom stereocenters. The average Bonchev–Trinajstić information content (AvgIpc) is 2.27. The molecule has 1 fully saturated rings. The van der Waals surface area contributed by atoms with Gasteiger partial charge in [-0.2, -0.15) is 0 Å². The van der Waals surface area contributed by atoms with Gasteiger partial charge in [0.05, 0.1) is 11.5 Å². The first-order valence-electron chi connectivity index (χ1n) is 5.22. The monoisotopic (exact) mass is 219 g/mol. The van der Waals surface area contributed by atoms with E-state index < -0.39 is 9.84 Å². The van der Waals surface area contributed by atoms with Gasteiger partial charge >= 0.3 is 0 Å². The first-order valence-corrected chi connectivity index (χ1v) is 7.04. The lowest BCUT2D eigenvalue weighted by Crippen LogP contribution is -2.32. The highest BCUT2D eigenvalue weighted by Gasteiger charge is 2.27. The highest BCUT2D eigenvalue weighted by molar-refractivity contribution is 7.91. The van der Waals surface area contributed by atoms with Gasteiger partial charge < -0.3 is 5.32 Å². The third-order valence-electron chi connectivity index (χ3n) is 2.54. The second-order valence-corrected chi connectivity index (χ2v) is 7.59. The third-order valence-corrected chi connectivity index (χ3v) is 4.31. The molecule has 1 heterocycles. The Morgan fingerprint density at radius 3 is 2.43 bits per heavy atom. The molecule has 0 saturated carbocycles. The molecule has 1 aliphatic rings. The summed E-state index contributed by atoms with van der Waals surface area (Å²) in [7, 11) is -2.72. The van der Waals surface area contributed by atoms with E-state index in [0.29, 0.717) is 16.9 Å². The van der Waals surface area contributed by atoms with Crippen molar-refractivity contribution >= 4 is 9.84 Å². The van der Waals surface area contributed by atoms with Crippen molar-refractivity contribution in [3.63, 3.8) is 0 Å². The first kappa shape index (κ1) is 12.0. The fraction of sp³-hybridized carbons (Fsp3) is 1.00. The van der Waals surface area contributed by atoms with Gasteiger partial charge in [-0.05, 0) is 24.8 Å². The maximum Gasteiger partial charge on any atom is 0.151 e. The molecule has 0 amide bonds. The predicted molar refractivity (Wildman–Crippen MR) is 59.1 cm³/mol. The van der Waals surface area contributed by atoms with Crippen LogP contribution < -0.4 is 5.32 Å². The Kier molecular flexibility index (Phi) is 3.58. The molecule has 3 nitrogen and oxygen atoms in total. The van der Waals surface area contributed by atoms with Gasteiger partial charge in [-0.15, -0.1) is 0 Å². The standard InChI is InChI=1S/C10H21NO2S/c1-10(2,3)5-6-11-9-4-7-14(12,13)8-9/h9,11H,4-8H2,1-3H3. The first-order chi connectivity index (χ1) is 6.29. The highest BCUT2D eigenvalue weighted by Crippen LogP contribution is 2.18. The lowest BCUT2D eigenvalue weighted by Gasteiger charge is -2.19. The van der Waals surface area contributed by atoms with Crippen LogP contribution in [0.5, 0.6) is 0 Å². The molecule has 1 saturated heterocycles. The summed E-state index contributed by atoms with van der Waals surface area (Å²) in [6, 6.07) is 0.197. The molecule has 4 heteroatoms. The van der Waals surface area contributed by atoms with Gasteiger partial charge in [-0.25, -0.2) is 8.42 Å². The predicted octanol–water partition coefficient (Wildman–Crippen LogP) is 1.20. The molecule has 0 aliphatic carbocycles. The van der Waals surface area contributed by atoms with Gasteiger partial charge in [0.2, 0.25) is 0 Å². The summed E-state index contributed by atoms with van der Waals surface area (Å²) >= 11 is 0. The minimum Gasteiger partial charge on any atom is -0.313 e. The van der Waals surface area contributed by atoms with E-state index in [4.69, 9.17) is 0 Å². The smallest absolute Gasteiger partial charge is 0.151 e. The van der Waals surface area contributed by atoms with Gasteiger partial charge in [0, 0.05) is 6.04 Å². The molecular weight excluding hydrogens is 198 g/mol. The molecular formula is C10H21NO2S. The molecule has 0 aromatic carbocycles. The van der Waals surface area contributed by atoms with Gasteiger partial charge in [-0.3, -0.25) is 0 Å². The van der Waals surface area contributed by atoms with Crippen LogP contribution in [0.1, 0.15) is 33.6 Å². The zero-order valence-electron chi connectivity index (χ0n) is 9.34. The molecule has 0 aromatic heterocycles. The molecule has 1 rings (SSSR count). The van der Waals surface area contributed by atoms with E-state index in [9.17, 15) is 8.42 Å².